The molecule has 3 rings (SSSR count). The minimum atomic E-state index is -0.353. The van der Waals surface area contributed by atoms with Gasteiger partial charge in [0.05, 0.1) is 7.11 Å². The Balaban J connectivity index is 2.29. The number of methoxy groups -OCH3 is 1. The molecule has 2 N–H and O–H groups in total. The van der Waals surface area contributed by atoms with E-state index in [1.54, 1.807) is 16.8 Å². The van der Waals surface area contributed by atoms with Crippen LogP contribution in [0.15, 0.2) is 36.5 Å². The first-order chi connectivity index (χ1) is 9.19. The molecular formula is C13H11FN4O. The van der Waals surface area contributed by atoms with Crippen LogP contribution in [0, 0.1) is 5.82 Å². The van der Waals surface area contributed by atoms with Crippen molar-refractivity contribution in [3.05, 3.63) is 42.3 Å². The summed E-state index contributed by atoms with van der Waals surface area (Å²) in [5.74, 6) is 0.275. The molecule has 2 heterocycles. The van der Waals surface area contributed by atoms with Crippen LogP contribution in [0.25, 0.3) is 16.8 Å². The van der Waals surface area contributed by atoms with Crippen molar-refractivity contribution in [2.75, 3.05) is 12.8 Å². The summed E-state index contributed by atoms with van der Waals surface area (Å²) in [4.78, 5) is 4.17. The smallest absolute Gasteiger partial charge is 0.240 e. The predicted molar refractivity (Wildman–Crippen MR) is 69.3 cm³/mol. The monoisotopic (exact) mass is 258 g/mol. The van der Waals surface area contributed by atoms with Gasteiger partial charge in [-0.25, -0.2) is 8.91 Å². The molecule has 0 saturated carbocycles. The number of nitrogen functional groups attached to an aromatic ring is 1. The number of rotatable bonds is 2. The van der Waals surface area contributed by atoms with Crippen LogP contribution in [0.2, 0.25) is 0 Å². The third-order valence-corrected chi connectivity index (χ3v) is 2.83. The summed E-state index contributed by atoms with van der Waals surface area (Å²) in [5, 5.41) is 4.04. The molecule has 5 nitrogen and oxygen atoms in total. The van der Waals surface area contributed by atoms with E-state index in [4.69, 9.17) is 10.5 Å². The van der Waals surface area contributed by atoms with E-state index in [0.717, 1.165) is 11.1 Å². The molecule has 0 atom stereocenters. The SMILES string of the molecule is COc1cc(F)ccc1-c1cccn2nc(N)nc12. The van der Waals surface area contributed by atoms with Crippen molar-refractivity contribution < 1.29 is 9.13 Å². The molecule has 0 amide bonds. The Morgan fingerprint density at radius 1 is 1.26 bits per heavy atom. The van der Waals surface area contributed by atoms with Crippen molar-refractivity contribution >= 4 is 11.6 Å². The molecule has 0 aliphatic rings. The van der Waals surface area contributed by atoms with E-state index in [-0.39, 0.29) is 11.8 Å². The number of aromatic nitrogens is 3. The maximum atomic E-state index is 13.2. The molecule has 3 aromatic rings. The van der Waals surface area contributed by atoms with Crippen LogP contribution in [0.1, 0.15) is 0 Å². The first kappa shape index (κ1) is 11.5. The van der Waals surface area contributed by atoms with Crippen molar-refractivity contribution in [1.29, 1.82) is 0 Å². The van der Waals surface area contributed by atoms with Gasteiger partial charge in [-0.2, -0.15) is 4.98 Å². The Hall–Kier alpha value is -2.63. The molecule has 0 aliphatic heterocycles. The minimum absolute atomic E-state index is 0.188. The highest BCUT2D eigenvalue weighted by molar-refractivity contribution is 5.81. The van der Waals surface area contributed by atoms with Crippen LogP contribution in [0.5, 0.6) is 5.75 Å². The number of halogens is 1. The van der Waals surface area contributed by atoms with Gasteiger partial charge in [0.1, 0.15) is 11.6 Å². The summed E-state index contributed by atoms with van der Waals surface area (Å²) in [7, 11) is 1.50. The van der Waals surface area contributed by atoms with E-state index >= 15 is 0 Å². The highest BCUT2D eigenvalue weighted by Gasteiger charge is 2.12. The third kappa shape index (κ3) is 1.87. The highest BCUT2D eigenvalue weighted by Crippen LogP contribution is 2.32. The minimum Gasteiger partial charge on any atom is -0.496 e. The van der Waals surface area contributed by atoms with E-state index in [1.807, 2.05) is 12.1 Å². The molecule has 0 fully saturated rings. The maximum Gasteiger partial charge on any atom is 0.240 e. The summed E-state index contributed by atoms with van der Waals surface area (Å²) in [5.41, 5.74) is 7.72. The summed E-state index contributed by atoms with van der Waals surface area (Å²) in [6.45, 7) is 0. The normalized spacial score (nSPS) is 10.8. The number of hydrogen-bond donors (Lipinski definition) is 1. The van der Waals surface area contributed by atoms with Gasteiger partial charge < -0.3 is 10.5 Å². The Morgan fingerprint density at radius 2 is 2.11 bits per heavy atom. The van der Waals surface area contributed by atoms with Crippen molar-refractivity contribution in [3.8, 4) is 16.9 Å². The van der Waals surface area contributed by atoms with E-state index in [0.29, 0.717) is 11.4 Å². The lowest BCUT2D eigenvalue weighted by atomic mass is 10.1. The summed E-state index contributed by atoms with van der Waals surface area (Å²) in [6.07, 6.45) is 1.75. The fourth-order valence-corrected chi connectivity index (χ4v) is 2.02. The van der Waals surface area contributed by atoms with Crippen molar-refractivity contribution in [3.63, 3.8) is 0 Å². The standard InChI is InChI=1S/C13H11FN4O/c1-19-11-7-8(14)4-5-9(11)10-3-2-6-18-12(10)16-13(15)17-18/h2-7H,1H3,(H2,15,17). The molecule has 0 aliphatic carbocycles. The average Bonchev–Trinajstić information content (AvgIpc) is 2.78. The van der Waals surface area contributed by atoms with Crippen LogP contribution >= 0.6 is 0 Å². The number of nitrogens with zero attached hydrogens (tertiary/aromatic N) is 3. The fraction of sp³-hybridized carbons (Fsp3) is 0.0769. The second kappa shape index (κ2) is 4.24. The molecule has 0 saturated heterocycles. The number of nitrogens with two attached hydrogens (primary N) is 1. The topological polar surface area (TPSA) is 65.4 Å². The quantitative estimate of drug-likeness (QED) is 0.764. The zero-order chi connectivity index (χ0) is 13.4. The van der Waals surface area contributed by atoms with Crippen molar-refractivity contribution in [2.24, 2.45) is 0 Å². The van der Waals surface area contributed by atoms with E-state index in [1.165, 1.54) is 19.2 Å². The molecule has 1 aromatic carbocycles. The number of ether oxygens (including phenoxy) is 1. The molecule has 0 radical (unpaired) electrons. The van der Waals surface area contributed by atoms with Gasteiger partial charge in [-0.1, -0.05) is 0 Å². The molecule has 0 bridgehead atoms. The van der Waals surface area contributed by atoms with Crippen LogP contribution in [-0.4, -0.2) is 21.7 Å². The van der Waals surface area contributed by atoms with Crippen LogP contribution < -0.4 is 10.5 Å². The van der Waals surface area contributed by atoms with Gasteiger partial charge in [0.15, 0.2) is 5.65 Å². The van der Waals surface area contributed by atoms with Gasteiger partial charge in [0, 0.05) is 23.4 Å². The molecule has 0 unspecified atom stereocenters. The highest BCUT2D eigenvalue weighted by atomic mass is 19.1. The zero-order valence-corrected chi connectivity index (χ0v) is 10.2. The van der Waals surface area contributed by atoms with Gasteiger partial charge >= 0.3 is 0 Å². The second-order valence-corrected chi connectivity index (χ2v) is 4.00. The van der Waals surface area contributed by atoms with Gasteiger partial charge in [-0.15, -0.1) is 5.10 Å². The lowest BCUT2D eigenvalue weighted by molar-refractivity contribution is 0.413. The molecule has 19 heavy (non-hydrogen) atoms. The molecule has 2 aromatic heterocycles. The zero-order valence-electron chi connectivity index (χ0n) is 10.2. The lowest BCUT2D eigenvalue weighted by Gasteiger charge is -2.09. The molecule has 96 valence electrons. The Morgan fingerprint density at radius 3 is 2.89 bits per heavy atom. The predicted octanol–water partition coefficient (Wildman–Crippen LogP) is 2.13. The molecule has 6 heteroatoms. The summed E-state index contributed by atoms with van der Waals surface area (Å²) < 4.78 is 20.0. The second-order valence-electron chi connectivity index (χ2n) is 4.00. The van der Waals surface area contributed by atoms with E-state index in [9.17, 15) is 4.39 Å². The summed E-state index contributed by atoms with van der Waals surface area (Å²) >= 11 is 0. The van der Waals surface area contributed by atoms with Crippen LogP contribution in [0.4, 0.5) is 10.3 Å². The number of hydrogen-bond acceptors (Lipinski definition) is 4. The Bertz CT molecular complexity index is 753. The summed E-state index contributed by atoms with van der Waals surface area (Å²) in [6, 6.07) is 8.03. The van der Waals surface area contributed by atoms with Crippen molar-refractivity contribution in [1.82, 2.24) is 14.6 Å². The lowest BCUT2D eigenvalue weighted by Crippen LogP contribution is -1.93. The van der Waals surface area contributed by atoms with Crippen LogP contribution in [-0.2, 0) is 0 Å². The number of pyridine rings is 1. The van der Waals surface area contributed by atoms with Gasteiger partial charge in [0.25, 0.3) is 0 Å². The number of benzene rings is 1. The number of anilines is 1. The van der Waals surface area contributed by atoms with Crippen LogP contribution in [0.3, 0.4) is 0 Å². The van der Waals surface area contributed by atoms with Gasteiger partial charge in [0.2, 0.25) is 5.95 Å². The van der Waals surface area contributed by atoms with Gasteiger partial charge in [-0.05, 0) is 24.3 Å². The first-order valence-corrected chi connectivity index (χ1v) is 5.64. The average molecular weight is 258 g/mol. The largest absolute Gasteiger partial charge is 0.496 e. The number of fused-ring (bicyclic) bond motifs is 1. The van der Waals surface area contributed by atoms with E-state index in [2.05, 4.69) is 10.1 Å². The molecular weight excluding hydrogens is 247 g/mol. The Labute approximate surface area is 108 Å². The molecule has 0 spiro atoms. The maximum absolute atomic E-state index is 13.2. The van der Waals surface area contributed by atoms with E-state index < -0.39 is 0 Å². The van der Waals surface area contributed by atoms with Crippen molar-refractivity contribution in [2.45, 2.75) is 0 Å². The Kier molecular flexibility index (Phi) is 2.56. The van der Waals surface area contributed by atoms with Gasteiger partial charge in [-0.3, -0.25) is 0 Å². The third-order valence-electron chi connectivity index (χ3n) is 2.83. The fourth-order valence-electron chi connectivity index (χ4n) is 2.02. The first-order valence-electron chi connectivity index (χ1n) is 5.64.